The first-order chi connectivity index (χ1) is 13.5. The van der Waals surface area contributed by atoms with Gasteiger partial charge < -0.3 is 14.8 Å². The molecule has 1 heterocycles. The molecule has 0 unspecified atom stereocenters. The van der Waals surface area contributed by atoms with Crippen LogP contribution in [0.1, 0.15) is 50.1 Å². The monoisotopic (exact) mass is 398 g/mol. The SMILES string of the molecule is CCOC(=O)c1c(NC(=O)COC(=O)c2cccc(C#N)c2)sc2c1CCC2. The minimum Gasteiger partial charge on any atom is -0.462 e. The van der Waals surface area contributed by atoms with Gasteiger partial charge in [-0.25, -0.2) is 9.59 Å². The van der Waals surface area contributed by atoms with Crippen LogP contribution in [0.15, 0.2) is 24.3 Å². The number of thiophene rings is 1. The van der Waals surface area contributed by atoms with Crippen LogP contribution in [0.5, 0.6) is 0 Å². The lowest BCUT2D eigenvalue weighted by Crippen LogP contribution is -2.22. The second-order valence-corrected chi connectivity index (χ2v) is 7.20. The summed E-state index contributed by atoms with van der Waals surface area (Å²) in [6.45, 7) is 1.47. The maximum absolute atomic E-state index is 12.3. The van der Waals surface area contributed by atoms with Crippen LogP contribution in [0.4, 0.5) is 5.00 Å². The van der Waals surface area contributed by atoms with Crippen molar-refractivity contribution in [3.8, 4) is 6.07 Å². The van der Waals surface area contributed by atoms with E-state index in [0.29, 0.717) is 16.1 Å². The predicted molar refractivity (Wildman–Crippen MR) is 102 cm³/mol. The first-order valence-electron chi connectivity index (χ1n) is 8.82. The largest absolute Gasteiger partial charge is 0.462 e. The van der Waals surface area contributed by atoms with Gasteiger partial charge in [-0.3, -0.25) is 4.79 Å². The molecule has 1 N–H and O–H groups in total. The third-order valence-electron chi connectivity index (χ3n) is 4.22. The Kier molecular flexibility index (Phi) is 6.06. The van der Waals surface area contributed by atoms with Gasteiger partial charge in [0.1, 0.15) is 5.00 Å². The number of esters is 2. The molecule has 1 aromatic carbocycles. The number of carbonyl (C=O) groups excluding carboxylic acids is 3. The molecule has 0 fully saturated rings. The molecule has 3 rings (SSSR count). The van der Waals surface area contributed by atoms with Gasteiger partial charge in [-0.05, 0) is 49.9 Å². The average Bonchev–Trinajstić information content (AvgIpc) is 3.27. The van der Waals surface area contributed by atoms with Crippen molar-refractivity contribution in [1.82, 2.24) is 0 Å². The first kappa shape index (κ1) is 19.6. The molecule has 28 heavy (non-hydrogen) atoms. The fraction of sp³-hybridized carbons (Fsp3) is 0.300. The molecule has 7 nitrogen and oxygen atoms in total. The quantitative estimate of drug-likeness (QED) is 0.750. The number of benzene rings is 1. The van der Waals surface area contributed by atoms with Crippen LogP contribution >= 0.6 is 11.3 Å². The number of hydrogen-bond acceptors (Lipinski definition) is 7. The van der Waals surface area contributed by atoms with Crippen LogP contribution in [-0.2, 0) is 27.1 Å². The highest BCUT2D eigenvalue weighted by Crippen LogP contribution is 2.39. The van der Waals surface area contributed by atoms with Crippen LogP contribution in [-0.4, -0.2) is 31.1 Å². The zero-order valence-corrected chi connectivity index (χ0v) is 16.1. The Morgan fingerprint density at radius 3 is 2.79 bits per heavy atom. The van der Waals surface area contributed by atoms with Crippen molar-refractivity contribution < 1.29 is 23.9 Å². The van der Waals surface area contributed by atoms with E-state index in [0.717, 1.165) is 29.7 Å². The maximum atomic E-state index is 12.3. The first-order valence-corrected chi connectivity index (χ1v) is 9.64. The molecule has 1 aliphatic carbocycles. The second-order valence-electron chi connectivity index (χ2n) is 6.10. The molecule has 144 valence electrons. The number of fused-ring (bicyclic) bond motifs is 1. The van der Waals surface area contributed by atoms with Gasteiger partial charge in [0.25, 0.3) is 5.91 Å². The van der Waals surface area contributed by atoms with E-state index < -0.39 is 24.5 Å². The molecule has 0 saturated heterocycles. The fourth-order valence-electron chi connectivity index (χ4n) is 3.00. The third-order valence-corrected chi connectivity index (χ3v) is 5.42. The van der Waals surface area contributed by atoms with E-state index in [-0.39, 0.29) is 12.2 Å². The number of nitriles is 1. The summed E-state index contributed by atoms with van der Waals surface area (Å²) in [6.07, 6.45) is 2.62. The van der Waals surface area contributed by atoms with Gasteiger partial charge in [-0.2, -0.15) is 5.26 Å². The van der Waals surface area contributed by atoms with Crippen molar-refractivity contribution in [2.75, 3.05) is 18.5 Å². The molecule has 0 radical (unpaired) electrons. The molecule has 0 atom stereocenters. The van der Waals surface area contributed by atoms with E-state index in [1.54, 1.807) is 19.1 Å². The van der Waals surface area contributed by atoms with Gasteiger partial charge in [0.05, 0.1) is 29.4 Å². The summed E-state index contributed by atoms with van der Waals surface area (Å²) >= 11 is 1.36. The molecule has 2 aromatic rings. The summed E-state index contributed by atoms with van der Waals surface area (Å²) in [4.78, 5) is 37.7. The van der Waals surface area contributed by atoms with Crippen LogP contribution in [0.2, 0.25) is 0 Å². The van der Waals surface area contributed by atoms with E-state index in [1.807, 2.05) is 6.07 Å². The second kappa shape index (κ2) is 8.67. The van der Waals surface area contributed by atoms with E-state index in [4.69, 9.17) is 14.7 Å². The summed E-state index contributed by atoms with van der Waals surface area (Å²) in [7, 11) is 0. The summed E-state index contributed by atoms with van der Waals surface area (Å²) in [6, 6.07) is 7.96. The van der Waals surface area contributed by atoms with Crippen molar-refractivity contribution >= 4 is 34.2 Å². The standard InChI is InChI=1S/C20H18N2O5S/c1-2-26-20(25)17-14-7-4-8-15(14)28-18(17)22-16(23)11-27-19(24)13-6-3-5-12(9-13)10-21/h3,5-6,9H,2,4,7-8,11H2,1H3,(H,22,23). The van der Waals surface area contributed by atoms with E-state index >= 15 is 0 Å². The minimum absolute atomic E-state index is 0.189. The van der Waals surface area contributed by atoms with E-state index in [9.17, 15) is 14.4 Å². The number of nitrogens with zero attached hydrogens (tertiary/aromatic N) is 1. The smallest absolute Gasteiger partial charge is 0.341 e. The number of carbonyl (C=O) groups is 3. The van der Waals surface area contributed by atoms with Crippen LogP contribution in [0.25, 0.3) is 0 Å². The predicted octanol–water partition coefficient (Wildman–Crippen LogP) is 3.08. The minimum atomic E-state index is -0.702. The van der Waals surface area contributed by atoms with Gasteiger partial charge >= 0.3 is 11.9 Å². The van der Waals surface area contributed by atoms with Gasteiger partial charge in [-0.15, -0.1) is 11.3 Å². The average molecular weight is 398 g/mol. The lowest BCUT2D eigenvalue weighted by Gasteiger charge is -2.08. The van der Waals surface area contributed by atoms with E-state index in [1.165, 1.54) is 23.5 Å². The topological polar surface area (TPSA) is 105 Å². The van der Waals surface area contributed by atoms with Crippen LogP contribution in [0.3, 0.4) is 0 Å². The zero-order chi connectivity index (χ0) is 20.1. The highest BCUT2D eigenvalue weighted by Gasteiger charge is 2.28. The number of ether oxygens (including phenoxy) is 2. The van der Waals surface area contributed by atoms with Crippen LogP contribution in [0, 0.1) is 11.3 Å². The molecule has 0 spiro atoms. The normalized spacial score (nSPS) is 12.0. The Labute approximate surface area is 165 Å². The highest BCUT2D eigenvalue weighted by molar-refractivity contribution is 7.17. The molecule has 8 heteroatoms. The number of anilines is 1. The number of aryl methyl sites for hydroxylation is 1. The molecule has 1 amide bonds. The lowest BCUT2D eigenvalue weighted by molar-refractivity contribution is -0.119. The van der Waals surface area contributed by atoms with E-state index in [2.05, 4.69) is 5.32 Å². The van der Waals surface area contributed by atoms with Gasteiger partial charge in [0.2, 0.25) is 0 Å². The van der Waals surface area contributed by atoms with Crippen molar-refractivity contribution in [2.24, 2.45) is 0 Å². The molecule has 1 aliphatic rings. The summed E-state index contributed by atoms with van der Waals surface area (Å²) in [5.74, 6) is -1.70. The Bertz CT molecular complexity index is 973. The Balaban J connectivity index is 1.66. The Morgan fingerprint density at radius 1 is 1.21 bits per heavy atom. The summed E-state index contributed by atoms with van der Waals surface area (Å²) < 4.78 is 10.1. The zero-order valence-electron chi connectivity index (χ0n) is 15.2. The number of rotatable bonds is 6. The Hall–Kier alpha value is -3.18. The Morgan fingerprint density at radius 2 is 2.04 bits per heavy atom. The fourth-order valence-corrected chi connectivity index (χ4v) is 4.30. The number of hydrogen-bond donors (Lipinski definition) is 1. The molecular weight excluding hydrogens is 380 g/mol. The maximum Gasteiger partial charge on any atom is 0.341 e. The van der Waals surface area contributed by atoms with Gasteiger partial charge in [-0.1, -0.05) is 6.07 Å². The van der Waals surface area contributed by atoms with Gasteiger partial charge in [0, 0.05) is 4.88 Å². The summed E-state index contributed by atoms with van der Waals surface area (Å²) in [5.41, 5.74) is 1.85. The van der Waals surface area contributed by atoms with Crippen molar-refractivity contribution in [1.29, 1.82) is 5.26 Å². The molecule has 1 aromatic heterocycles. The van der Waals surface area contributed by atoms with Crippen molar-refractivity contribution in [3.05, 3.63) is 51.4 Å². The van der Waals surface area contributed by atoms with Crippen molar-refractivity contribution in [3.63, 3.8) is 0 Å². The summed E-state index contributed by atoms with van der Waals surface area (Å²) in [5, 5.41) is 12.0. The van der Waals surface area contributed by atoms with Crippen LogP contribution < -0.4 is 5.32 Å². The third kappa shape index (κ3) is 4.21. The number of nitrogens with one attached hydrogen (secondary N) is 1. The molecule has 0 saturated carbocycles. The highest BCUT2D eigenvalue weighted by atomic mass is 32.1. The number of amides is 1. The molecule has 0 aliphatic heterocycles. The van der Waals surface area contributed by atoms with Crippen molar-refractivity contribution in [2.45, 2.75) is 26.2 Å². The van der Waals surface area contributed by atoms with Gasteiger partial charge in [0.15, 0.2) is 6.61 Å². The lowest BCUT2D eigenvalue weighted by atomic mass is 10.1. The molecule has 0 bridgehead atoms. The molecular formula is C20H18N2O5S.